The molecule has 2 N–H and O–H groups in total. The van der Waals surface area contributed by atoms with E-state index in [1.165, 1.54) is 13.2 Å². The predicted octanol–water partition coefficient (Wildman–Crippen LogP) is 2.64. The lowest BCUT2D eigenvalue weighted by Crippen LogP contribution is -2.46. The number of hydroxylamine groups is 1. The molecule has 100 valence electrons. The van der Waals surface area contributed by atoms with Gasteiger partial charge in [-0.3, -0.25) is 4.79 Å². The monoisotopic (exact) mass is 259 g/mol. The molecule has 0 heterocycles. The second kappa shape index (κ2) is 4.99. The minimum Gasteiger partial charge on any atom is -0.510 e. The zero-order chi connectivity index (χ0) is 14.0. The Labute approximate surface area is 112 Å². The lowest BCUT2D eigenvalue weighted by atomic mass is 9.76. The molecule has 1 aliphatic rings. The molecule has 0 saturated heterocycles. The summed E-state index contributed by atoms with van der Waals surface area (Å²) >= 11 is 0. The van der Waals surface area contributed by atoms with E-state index in [-0.39, 0.29) is 11.5 Å². The molecule has 0 saturated carbocycles. The van der Waals surface area contributed by atoms with Crippen LogP contribution < -0.4 is 5.48 Å². The largest absolute Gasteiger partial charge is 0.510 e. The molecule has 2 rings (SSSR count). The van der Waals surface area contributed by atoms with Crippen molar-refractivity contribution in [2.45, 2.75) is 18.9 Å². The Bertz CT molecular complexity index is 562. The zero-order valence-electron chi connectivity index (χ0n) is 11.1. The fraction of sp³-hybridized carbons (Fsp3) is 0.267. The molecule has 0 aromatic heterocycles. The Kier molecular flexibility index (Phi) is 3.55. The summed E-state index contributed by atoms with van der Waals surface area (Å²) in [5, 5.41) is 10.3. The van der Waals surface area contributed by atoms with E-state index >= 15 is 0 Å². The van der Waals surface area contributed by atoms with Crippen LogP contribution in [0.1, 0.15) is 29.3 Å². The van der Waals surface area contributed by atoms with Gasteiger partial charge in [0.25, 0.3) is 0 Å². The third-order valence-corrected chi connectivity index (χ3v) is 3.20. The maximum Gasteiger partial charge on any atom is 0.189 e. The van der Waals surface area contributed by atoms with Gasteiger partial charge in [0.2, 0.25) is 0 Å². The van der Waals surface area contributed by atoms with Gasteiger partial charge in [0.1, 0.15) is 11.3 Å². The van der Waals surface area contributed by atoms with E-state index < -0.39 is 5.54 Å². The molecule has 0 fully saturated rings. The van der Waals surface area contributed by atoms with Gasteiger partial charge >= 0.3 is 0 Å². The second-order valence-electron chi connectivity index (χ2n) is 4.78. The van der Waals surface area contributed by atoms with Crippen molar-refractivity contribution in [3.63, 3.8) is 0 Å². The smallest absolute Gasteiger partial charge is 0.189 e. The molecule has 1 aliphatic carbocycles. The van der Waals surface area contributed by atoms with Gasteiger partial charge in [-0.1, -0.05) is 29.8 Å². The first-order valence-electron chi connectivity index (χ1n) is 6.01. The number of hydrogen-bond donors (Lipinski definition) is 2. The van der Waals surface area contributed by atoms with Crippen LogP contribution in [0.3, 0.4) is 0 Å². The average molecular weight is 259 g/mol. The molecule has 0 radical (unpaired) electrons. The molecular weight excluding hydrogens is 242 g/mol. The molecule has 1 aromatic rings. The highest BCUT2D eigenvalue weighted by Crippen LogP contribution is 2.39. The summed E-state index contributed by atoms with van der Waals surface area (Å²) in [7, 11) is 1.48. The van der Waals surface area contributed by atoms with E-state index in [0.717, 1.165) is 5.57 Å². The van der Waals surface area contributed by atoms with Crippen molar-refractivity contribution in [2.24, 2.45) is 0 Å². The summed E-state index contributed by atoms with van der Waals surface area (Å²) in [5.41, 5.74) is 4.00. The van der Waals surface area contributed by atoms with E-state index in [1.54, 1.807) is 12.1 Å². The van der Waals surface area contributed by atoms with E-state index in [2.05, 4.69) is 12.1 Å². The Morgan fingerprint density at radius 3 is 2.79 bits per heavy atom. The number of nitrogens with one attached hydrogen (secondary N) is 1. The van der Waals surface area contributed by atoms with Crippen LogP contribution in [0.4, 0.5) is 0 Å². The summed E-state index contributed by atoms with van der Waals surface area (Å²) in [6.07, 6.45) is 1.67. The van der Waals surface area contributed by atoms with Crippen LogP contribution >= 0.6 is 0 Å². The Hall–Kier alpha value is -1.91. The fourth-order valence-electron chi connectivity index (χ4n) is 2.49. The molecular formula is C15H17NO3. The van der Waals surface area contributed by atoms with Crippen LogP contribution in [0.25, 0.3) is 0 Å². The van der Waals surface area contributed by atoms with Crippen molar-refractivity contribution in [3.8, 4) is 0 Å². The summed E-state index contributed by atoms with van der Waals surface area (Å²) < 4.78 is 0. The number of aliphatic hydroxyl groups is 1. The van der Waals surface area contributed by atoms with Crippen molar-refractivity contribution in [2.75, 3.05) is 7.11 Å². The van der Waals surface area contributed by atoms with Crippen LogP contribution in [0.15, 0.2) is 48.3 Å². The third-order valence-electron chi connectivity index (χ3n) is 3.20. The quantitative estimate of drug-likeness (QED) is 0.644. The van der Waals surface area contributed by atoms with Gasteiger partial charge in [0.15, 0.2) is 5.78 Å². The number of benzene rings is 1. The summed E-state index contributed by atoms with van der Waals surface area (Å²) in [6, 6.07) is 7.18. The predicted molar refractivity (Wildman–Crippen MR) is 72.7 cm³/mol. The van der Waals surface area contributed by atoms with Crippen molar-refractivity contribution in [1.82, 2.24) is 5.48 Å². The lowest BCUT2D eigenvalue weighted by Gasteiger charge is -2.37. The zero-order valence-corrected chi connectivity index (χ0v) is 11.1. The van der Waals surface area contributed by atoms with Gasteiger partial charge in [-0.05, 0) is 18.9 Å². The van der Waals surface area contributed by atoms with Crippen molar-refractivity contribution < 1.29 is 14.7 Å². The second-order valence-corrected chi connectivity index (χ2v) is 4.78. The van der Waals surface area contributed by atoms with Crippen molar-refractivity contribution >= 4 is 5.78 Å². The van der Waals surface area contributed by atoms with E-state index in [9.17, 15) is 9.90 Å². The fourth-order valence-corrected chi connectivity index (χ4v) is 2.49. The van der Waals surface area contributed by atoms with Gasteiger partial charge in [-0.2, -0.15) is 5.48 Å². The van der Waals surface area contributed by atoms with E-state index in [1.807, 2.05) is 19.1 Å². The number of carbonyl (C=O) groups is 1. The molecule has 4 heteroatoms. The number of allylic oxidation sites excluding steroid dienone is 1. The SMILES string of the molecule is C=C(C)CC1(NOC)C(O)=CC(=O)c2ccccc21. The number of aliphatic hydroxyl groups excluding tert-OH is 1. The van der Waals surface area contributed by atoms with Gasteiger partial charge < -0.3 is 9.94 Å². The molecule has 1 unspecified atom stereocenters. The first-order valence-corrected chi connectivity index (χ1v) is 6.01. The normalized spacial score (nSPS) is 21.8. The van der Waals surface area contributed by atoms with E-state index in [0.29, 0.717) is 17.5 Å². The first kappa shape index (κ1) is 13.5. The summed E-state index contributed by atoms with van der Waals surface area (Å²) in [6.45, 7) is 5.75. The average Bonchev–Trinajstić information content (AvgIpc) is 2.36. The van der Waals surface area contributed by atoms with Gasteiger partial charge in [0.05, 0.1) is 7.11 Å². The Morgan fingerprint density at radius 2 is 2.16 bits per heavy atom. The molecule has 19 heavy (non-hydrogen) atoms. The van der Waals surface area contributed by atoms with Crippen LogP contribution in [-0.4, -0.2) is 18.0 Å². The summed E-state index contributed by atoms with van der Waals surface area (Å²) in [4.78, 5) is 17.0. The van der Waals surface area contributed by atoms with Gasteiger partial charge in [0, 0.05) is 11.6 Å². The molecule has 0 spiro atoms. The van der Waals surface area contributed by atoms with E-state index in [4.69, 9.17) is 4.84 Å². The van der Waals surface area contributed by atoms with Crippen LogP contribution in [0.5, 0.6) is 0 Å². The molecule has 1 aromatic carbocycles. The van der Waals surface area contributed by atoms with Crippen molar-refractivity contribution in [1.29, 1.82) is 0 Å². The Morgan fingerprint density at radius 1 is 1.47 bits per heavy atom. The number of ketones is 1. The molecule has 4 nitrogen and oxygen atoms in total. The molecule has 0 bridgehead atoms. The highest BCUT2D eigenvalue weighted by molar-refractivity contribution is 6.07. The van der Waals surface area contributed by atoms with Crippen LogP contribution in [-0.2, 0) is 10.4 Å². The highest BCUT2D eigenvalue weighted by atomic mass is 16.6. The standard InChI is InChI=1S/C15H17NO3/c1-10(2)9-15(16-19-3)12-7-5-4-6-11(12)13(17)8-14(15)18/h4-8,16,18H,1,9H2,2-3H3. The summed E-state index contributed by atoms with van der Waals surface area (Å²) in [5.74, 6) is -0.260. The minimum atomic E-state index is -0.953. The molecule has 0 aliphatic heterocycles. The van der Waals surface area contributed by atoms with Gasteiger partial charge in [-0.25, -0.2) is 0 Å². The maximum atomic E-state index is 11.9. The van der Waals surface area contributed by atoms with Crippen molar-refractivity contribution in [3.05, 3.63) is 59.4 Å². The molecule has 1 atom stereocenters. The number of hydrogen-bond acceptors (Lipinski definition) is 4. The lowest BCUT2D eigenvalue weighted by molar-refractivity contribution is 0.00679. The van der Waals surface area contributed by atoms with Gasteiger partial charge in [-0.15, -0.1) is 6.58 Å². The number of rotatable bonds is 4. The maximum absolute atomic E-state index is 11.9. The third kappa shape index (κ3) is 2.20. The number of carbonyl (C=O) groups excluding carboxylic acids is 1. The van der Waals surface area contributed by atoms with Crippen LogP contribution in [0, 0.1) is 0 Å². The molecule has 0 amide bonds. The first-order chi connectivity index (χ1) is 9.01. The topological polar surface area (TPSA) is 58.6 Å². The highest BCUT2D eigenvalue weighted by Gasteiger charge is 2.42. The number of fused-ring (bicyclic) bond motifs is 1. The Balaban J connectivity index is 2.65. The minimum absolute atomic E-state index is 0.0546. The van der Waals surface area contributed by atoms with Crippen LogP contribution in [0.2, 0.25) is 0 Å².